The van der Waals surface area contributed by atoms with Gasteiger partial charge in [0.05, 0.1) is 19.0 Å². The van der Waals surface area contributed by atoms with Crippen molar-refractivity contribution in [2.75, 3.05) is 12.3 Å². The smallest absolute Gasteiger partial charge is 0.323 e. The molecular weight excluding hydrogens is 595 g/mol. The fraction of sp³-hybridized carbons (Fsp3) is 0.478. The fourth-order valence-electron chi connectivity index (χ4n) is 3.96. The number of fused-ring (bicyclic) bond motifs is 1. The molecule has 4 N–H and O–H groups in total. The zero-order valence-electron chi connectivity index (χ0n) is 21.9. The molecular formula is C23H27F4N6O6PS. The van der Waals surface area contributed by atoms with Crippen molar-refractivity contribution < 1.29 is 46.0 Å². The van der Waals surface area contributed by atoms with Crippen LogP contribution in [-0.4, -0.2) is 73.4 Å². The Balaban J connectivity index is 1.66. The monoisotopic (exact) mass is 622 g/mol. The van der Waals surface area contributed by atoms with Crippen molar-refractivity contribution >= 4 is 41.4 Å². The van der Waals surface area contributed by atoms with E-state index in [4.69, 9.17) is 36.1 Å². The highest BCUT2D eigenvalue weighted by atomic mass is 32.5. The van der Waals surface area contributed by atoms with E-state index >= 15 is 8.78 Å². The number of ether oxygens (including phenoxy) is 2. The highest BCUT2D eigenvalue weighted by Gasteiger charge is 2.74. The van der Waals surface area contributed by atoms with Gasteiger partial charge in [-0.1, -0.05) is 18.2 Å². The van der Waals surface area contributed by atoms with E-state index in [0.29, 0.717) is 0 Å². The maximum atomic E-state index is 15.6. The molecule has 0 aliphatic carbocycles. The van der Waals surface area contributed by atoms with Gasteiger partial charge in [-0.2, -0.15) is 8.78 Å². The molecule has 0 radical (unpaired) electrons. The van der Waals surface area contributed by atoms with Gasteiger partial charge < -0.3 is 29.4 Å². The van der Waals surface area contributed by atoms with Gasteiger partial charge in [0.1, 0.15) is 23.6 Å². The molecule has 18 heteroatoms. The second kappa shape index (κ2) is 11.7. The summed E-state index contributed by atoms with van der Waals surface area (Å²) in [5.74, 6) is -5.36. The molecule has 5 atom stereocenters. The minimum Gasteiger partial charge on any atom is -0.462 e. The van der Waals surface area contributed by atoms with Crippen LogP contribution in [0.4, 0.5) is 23.4 Å². The summed E-state index contributed by atoms with van der Waals surface area (Å²) in [5, 5.41) is 13.1. The van der Waals surface area contributed by atoms with Crippen molar-refractivity contribution in [2.45, 2.75) is 63.2 Å². The number of carbonyl (C=O) groups excluding carboxylic acids is 1. The van der Waals surface area contributed by atoms with Crippen molar-refractivity contribution in [3.05, 3.63) is 43.0 Å². The van der Waals surface area contributed by atoms with Crippen LogP contribution in [0.5, 0.6) is 5.75 Å². The van der Waals surface area contributed by atoms with Crippen LogP contribution in [-0.2, 0) is 30.6 Å². The standard InChI is InChI=1S/C23H27F4N6O6PS/c1-12(2)37-20(35)13(3)32-40(41,39-14-7-5-4-6-8-14)36-9-22(21(24)25)23(26,27)16(34)19(38-22)33-11-31-15-17(28)29-10-30-18(15)33/h4-8,10-13,16,19,21,34H,9H2,1-3H3,(H,32,41)(H2,28,29,30). The van der Waals surface area contributed by atoms with Gasteiger partial charge in [-0.3, -0.25) is 9.36 Å². The molecule has 12 nitrogen and oxygen atoms in total. The lowest BCUT2D eigenvalue weighted by molar-refractivity contribution is -0.241. The van der Waals surface area contributed by atoms with E-state index in [2.05, 4.69) is 20.0 Å². The zero-order chi connectivity index (χ0) is 30.2. The van der Waals surface area contributed by atoms with Crippen LogP contribution in [0.25, 0.3) is 11.2 Å². The largest absolute Gasteiger partial charge is 0.462 e. The van der Waals surface area contributed by atoms with Gasteiger partial charge in [0.2, 0.25) is 5.60 Å². The highest BCUT2D eigenvalue weighted by molar-refractivity contribution is 8.09. The second-order valence-corrected chi connectivity index (χ2v) is 12.5. The summed E-state index contributed by atoms with van der Waals surface area (Å²) in [5.41, 5.74) is 1.86. The van der Waals surface area contributed by atoms with E-state index < -0.39 is 61.6 Å². The molecule has 224 valence electrons. The minimum atomic E-state index is -4.59. The SMILES string of the molecule is CC(C)OC(=O)C(C)NP(=S)(OCC1(C(F)F)OC(n2cnc3c(N)ncnc32)C(O)C1(F)F)Oc1ccccc1. The number of aliphatic hydroxyl groups is 1. The van der Waals surface area contributed by atoms with E-state index in [9.17, 15) is 18.7 Å². The summed E-state index contributed by atoms with van der Waals surface area (Å²) in [6.07, 6.45) is -7.31. The van der Waals surface area contributed by atoms with Crippen molar-refractivity contribution in [2.24, 2.45) is 0 Å². The van der Waals surface area contributed by atoms with Gasteiger partial charge >= 0.3 is 18.5 Å². The van der Waals surface area contributed by atoms with Crippen molar-refractivity contribution in [3.63, 3.8) is 0 Å². The Kier molecular flexibility index (Phi) is 8.87. The first-order valence-electron chi connectivity index (χ1n) is 12.1. The van der Waals surface area contributed by atoms with Crippen LogP contribution in [0.2, 0.25) is 0 Å². The van der Waals surface area contributed by atoms with Gasteiger partial charge in [0.15, 0.2) is 23.8 Å². The molecule has 1 fully saturated rings. The molecule has 41 heavy (non-hydrogen) atoms. The number of halogens is 4. The van der Waals surface area contributed by atoms with Gasteiger partial charge in [-0.25, -0.2) is 28.8 Å². The number of esters is 1. The molecule has 0 saturated carbocycles. The van der Waals surface area contributed by atoms with Crippen molar-refractivity contribution in [1.29, 1.82) is 0 Å². The molecule has 0 amide bonds. The number of carbonyl (C=O) groups is 1. The molecule has 0 bridgehead atoms. The summed E-state index contributed by atoms with van der Waals surface area (Å²) in [4.78, 5) is 24.0. The van der Waals surface area contributed by atoms with E-state index in [1.165, 1.54) is 19.1 Å². The Labute approximate surface area is 236 Å². The predicted molar refractivity (Wildman–Crippen MR) is 141 cm³/mol. The van der Waals surface area contributed by atoms with Crippen LogP contribution in [0.1, 0.15) is 27.0 Å². The maximum absolute atomic E-state index is 15.6. The highest BCUT2D eigenvalue weighted by Crippen LogP contribution is 2.55. The number of nitrogen functional groups attached to an aromatic ring is 1. The Morgan fingerprint density at radius 2 is 1.93 bits per heavy atom. The van der Waals surface area contributed by atoms with Gasteiger partial charge in [-0.05, 0) is 44.7 Å². The lowest BCUT2D eigenvalue weighted by atomic mass is 9.95. The number of alkyl halides is 4. The Bertz CT molecular complexity index is 1440. The number of para-hydroxylation sites is 1. The summed E-state index contributed by atoms with van der Waals surface area (Å²) in [6.45, 7) is -1.01. The summed E-state index contributed by atoms with van der Waals surface area (Å²) < 4.78 is 82.7. The first-order valence-corrected chi connectivity index (χ1v) is 14.8. The van der Waals surface area contributed by atoms with Crippen LogP contribution >= 0.6 is 6.64 Å². The quantitative estimate of drug-likeness (QED) is 0.163. The number of hydrogen-bond acceptors (Lipinski definition) is 11. The van der Waals surface area contributed by atoms with Gasteiger partial charge in [-0.15, -0.1) is 0 Å². The number of nitrogens with two attached hydrogens (primary N) is 1. The number of hydrogen-bond donors (Lipinski definition) is 3. The molecule has 3 aromatic rings. The molecule has 1 aliphatic rings. The molecule has 1 aromatic carbocycles. The van der Waals surface area contributed by atoms with Crippen LogP contribution in [0.15, 0.2) is 43.0 Å². The number of nitrogens with one attached hydrogen (secondary N) is 1. The topological polar surface area (TPSA) is 156 Å². The van der Waals surface area contributed by atoms with E-state index in [0.717, 1.165) is 17.2 Å². The number of aliphatic hydroxyl groups excluding tert-OH is 1. The predicted octanol–water partition coefficient (Wildman–Crippen LogP) is 3.19. The third-order valence-electron chi connectivity index (χ3n) is 6.03. The summed E-state index contributed by atoms with van der Waals surface area (Å²) >= 11 is 5.45. The van der Waals surface area contributed by atoms with Crippen molar-refractivity contribution in [3.8, 4) is 5.75 Å². The molecule has 4 rings (SSSR count). The molecule has 3 heterocycles. The van der Waals surface area contributed by atoms with Crippen LogP contribution in [0, 0.1) is 0 Å². The van der Waals surface area contributed by atoms with Gasteiger partial charge in [0.25, 0.3) is 6.43 Å². The van der Waals surface area contributed by atoms with Crippen molar-refractivity contribution in [1.82, 2.24) is 24.6 Å². The van der Waals surface area contributed by atoms with Crippen LogP contribution < -0.4 is 15.3 Å². The van der Waals surface area contributed by atoms with Gasteiger partial charge in [0, 0.05) is 0 Å². The zero-order valence-corrected chi connectivity index (χ0v) is 23.6. The fourth-order valence-corrected chi connectivity index (χ4v) is 6.37. The molecule has 2 aromatic heterocycles. The Hall–Kier alpha value is -2.95. The lowest BCUT2D eigenvalue weighted by Crippen LogP contribution is -2.57. The minimum absolute atomic E-state index is 0.0179. The number of rotatable bonds is 11. The number of aromatic nitrogens is 4. The normalized spacial score (nSPS) is 24.4. The van der Waals surface area contributed by atoms with E-state index in [1.54, 1.807) is 32.0 Å². The van der Waals surface area contributed by atoms with Crippen LogP contribution in [0.3, 0.4) is 0 Å². The third kappa shape index (κ3) is 6.01. The number of imidazole rings is 1. The number of anilines is 1. The molecule has 5 unspecified atom stereocenters. The molecule has 1 saturated heterocycles. The maximum Gasteiger partial charge on any atom is 0.323 e. The first kappa shape index (κ1) is 31.0. The summed E-state index contributed by atoms with van der Waals surface area (Å²) in [6, 6.07) is 6.56. The Morgan fingerprint density at radius 3 is 2.56 bits per heavy atom. The van der Waals surface area contributed by atoms with E-state index in [-0.39, 0.29) is 22.7 Å². The number of nitrogens with zero attached hydrogens (tertiary/aromatic N) is 4. The lowest BCUT2D eigenvalue weighted by Gasteiger charge is -2.35. The average Bonchev–Trinajstić information content (AvgIpc) is 3.41. The van der Waals surface area contributed by atoms with E-state index in [1.807, 2.05) is 0 Å². The third-order valence-corrected chi connectivity index (χ3v) is 8.51. The molecule has 0 spiro atoms. The number of benzene rings is 1. The summed E-state index contributed by atoms with van der Waals surface area (Å²) in [7, 11) is 0. The second-order valence-electron chi connectivity index (χ2n) is 9.36. The Morgan fingerprint density at radius 1 is 1.24 bits per heavy atom. The first-order chi connectivity index (χ1) is 19.2. The average molecular weight is 623 g/mol. The molecule has 1 aliphatic heterocycles.